The summed E-state index contributed by atoms with van der Waals surface area (Å²) < 4.78 is 0. The van der Waals surface area contributed by atoms with Crippen molar-refractivity contribution in [2.24, 2.45) is 0 Å². The van der Waals surface area contributed by atoms with E-state index in [4.69, 9.17) is 16.9 Å². The van der Waals surface area contributed by atoms with Gasteiger partial charge in [-0.2, -0.15) is 5.26 Å². The Morgan fingerprint density at radius 2 is 2.12 bits per heavy atom. The van der Waals surface area contributed by atoms with Gasteiger partial charge in [-0.25, -0.2) is 9.69 Å². The summed E-state index contributed by atoms with van der Waals surface area (Å²) in [5, 5.41) is 9.33. The van der Waals surface area contributed by atoms with Gasteiger partial charge < -0.3 is 9.80 Å². The van der Waals surface area contributed by atoms with Gasteiger partial charge in [0.15, 0.2) is 0 Å². The third-order valence-corrected chi connectivity index (χ3v) is 6.09. The predicted octanol–water partition coefficient (Wildman–Crippen LogP) is 2.05. The van der Waals surface area contributed by atoms with Gasteiger partial charge in [-0.3, -0.25) is 9.59 Å². The molecule has 1 aromatic carbocycles. The molecule has 8 heteroatoms. The van der Waals surface area contributed by atoms with Crippen LogP contribution in [0, 0.1) is 18.3 Å². The number of halogens is 1. The summed E-state index contributed by atoms with van der Waals surface area (Å²) in [4.78, 5) is 42.7. The van der Waals surface area contributed by atoms with E-state index < -0.39 is 6.04 Å². The molecule has 2 bridgehead atoms. The molecular weight excluding hydrogens is 356 g/mol. The van der Waals surface area contributed by atoms with Gasteiger partial charge in [-0.15, -0.1) is 0 Å². The summed E-state index contributed by atoms with van der Waals surface area (Å²) in [6.45, 7) is 3.96. The number of amides is 4. The summed E-state index contributed by atoms with van der Waals surface area (Å²) in [5.41, 5.74) is 1.21. The normalized spacial score (nSPS) is 26.5. The zero-order valence-corrected chi connectivity index (χ0v) is 15.2. The molecule has 7 nitrogen and oxygen atoms in total. The van der Waals surface area contributed by atoms with Crippen LogP contribution in [0.1, 0.15) is 30.9 Å². The minimum absolute atomic E-state index is 0.00782. The Bertz CT molecular complexity index is 893. The first kappa shape index (κ1) is 16.9. The van der Waals surface area contributed by atoms with Crippen molar-refractivity contribution >= 4 is 35.1 Å². The van der Waals surface area contributed by atoms with Crippen molar-refractivity contribution < 1.29 is 14.4 Å². The van der Waals surface area contributed by atoms with E-state index in [1.807, 2.05) is 6.07 Å². The average Bonchev–Trinajstić information content (AvgIpc) is 3.29. The first-order valence-electron chi connectivity index (χ1n) is 8.55. The van der Waals surface area contributed by atoms with Crippen molar-refractivity contribution in [2.45, 2.75) is 44.8 Å². The minimum Gasteiger partial charge on any atom is -0.335 e. The second kappa shape index (κ2) is 5.71. The van der Waals surface area contributed by atoms with E-state index in [0.717, 1.165) is 4.90 Å². The molecule has 4 amide bonds. The van der Waals surface area contributed by atoms with Gasteiger partial charge in [0.1, 0.15) is 12.1 Å². The fourth-order valence-electron chi connectivity index (χ4n) is 4.37. The van der Waals surface area contributed by atoms with Crippen LogP contribution in [-0.2, 0) is 9.59 Å². The van der Waals surface area contributed by atoms with Crippen molar-refractivity contribution in [3.63, 3.8) is 0 Å². The molecule has 3 heterocycles. The predicted molar refractivity (Wildman–Crippen MR) is 93.6 cm³/mol. The lowest BCUT2D eigenvalue weighted by atomic mass is 10.1. The Morgan fingerprint density at radius 3 is 2.77 bits per heavy atom. The van der Waals surface area contributed by atoms with Crippen molar-refractivity contribution in [1.82, 2.24) is 9.80 Å². The number of hydrogen-bond donors (Lipinski definition) is 0. The number of hydrogen-bond acceptors (Lipinski definition) is 4. The van der Waals surface area contributed by atoms with Crippen LogP contribution in [0.3, 0.4) is 0 Å². The molecule has 3 aliphatic rings. The number of piperazine rings is 1. The summed E-state index contributed by atoms with van der Waals surface area (Å²) in [6, 6.07) is 3.68. The Balaban J connectivity index is 1.72. The highest BCUT2D eigenvalue weighted by atomic mass is 35.5. The average molecular weight is 373 g/mol. The van der Waals surface area contributed by atoms with Crippen LogP contribution in [0.2, 0.25) is 5.02 Å². The van der Waals surface area contributed by atoms with Gasteiger partial charge in [-0.1, -0.05) is 18.5 Å². The van der Waals surface area contributed by atoms with E-state index in [2.05, 4.69) is 0 Å². The lowest BCUT2D eigenvalue weighted by Crippen LogP contribution is -2.54. The number of rotatable bonds is 2. The Kier molecular flexibility index (Phi) is 3.70. The standard InChI is InChI=1S/C18H17ClN4O3/c1-3-14(24)21-8-11-6-13(21)16-17(25)23(18(26)22(11)16)12-5-4-10(7-20)15(19)9(12)2/h4-5,11,13,16H,3,6,8H2,1-2H3. The Morgan fingerprint density at radius 1 is 1.38 bits per heavy atom. The molecule has 26 heavy (non-hydrogen) atoms. The highest BCUT2D eigenvalue weighted by Crippen LogP contribution is 2.43. The van der Waals surface area contributed by atoms with Crippen molar-refractivity contribution in [2.75, 3.05) is 11.4 Å². The Hall–Kier alpha value is -2.59. The van der Waals surface area contributed by atoms with E-state index >= 15 is 0 Å². The fraction of sp³-hybridized carbons (Fsp3) is 0.444. The maximum Gasteiger partial charge on any atom is 0.332 e. The molecule has 0 N–H and O–H groups in total. The van der Waals surface area contributed by atoms with Crippen LogP contribution in [0.25, 0.3) is 0 Å². The van der Waals surface area contributed by atoms with Crippen molar-refractivity contribution in [3.05, 3.63) is 28.3 Å². The molecule has 0 aromatic heterocycles. The lowest BCUT2D eigenvalue weighted by Gasteiger charge is -2.34. The first-order chi connectivity index (χ1) is 12.4. The van der Waals surface area contributed by atoms with Crippen molar-refractivity contribution in [3.8, 4) is 6.07 Å². The number of nitrogens with zero attached hydrogens (tertiary/aromatic N) is 4. The molecule has 4 rings (SSSR count). The highest BCUT2D eigenvalue weighted by molar-refractivity contribution is 6.33. The highest BCUT2D eigenvalue weighted by Gasteiger charge is 2.62. The molecule has 0 aliphatic carbocycles. The minimum atomic E-state index is -0.634. The second-order valence-electron chi connectivity index (χ2n) is 6.85. The van der Waals surface area contributed by atoms with Gasteiger partial charge in [0.05, 0.1) is 28.4 Å². The maximum atomic E-state index is 13.1. The number of anilines is 1. The second-order valence-corrected chi connectivity index (χ2v) is 7.23. The van der Waals surface area contributed by atoms with Gasteiger partial charge >= 0.3 is 6.03 Å². The molecule has 1 aromatic rings. The summed E-state index contributed by atoms with van der Waals surface area (Å²) in [7, 11) is 0. The van der Waals surface area contributed by atoms with E-state index in [0.29, 0.717) is 36.2 Å². The van der Waals surface area contributed by atoms with Crippen LogP contribution in [0.15, 0.2) is 12.1 Å². The molecule has 3 fully saturated rings. The SMILES string of the molecule is CCC(=O)N1CC2CC1C1C(=O)N(c3ccc(C#N)c(Cl)c3C)C(=O)N21. The number of nitriles is 1. The third-order valence-electron chi connectivity index (χ3n) is 5.61. The number of carbonyl (C=O) groups excluding carboxylic acids is 3. The molecule has 3 atom stereocenters. The topological polar surface area (TPSA) is 84.7 Å². The fourth-order valence-corrected chi connectivity index (χ4v) is 4.57. The molecule has 3 saturated heterocycles. The zero-order chi connectivity index (χ0) is 18.7. The smallest absolute Gasteiger partial charge is 0.332 e. The van der Waals surface area contributed by atoms with Crippen LogP contribution < -0.4 is 4.90 Å². The van der Waals surface area contributed by atoms with Crippen molar-refractivity contribution in [1.29, 1.82) is 5.26 Å². The number of benzene rings is 1. The molecule has 0 saturated carbocycles. The first-order valence-corrected chi connectivity index (χ1v) is 8.93. The van der Waals surface area contributed by atoms with Crippen LogP contribution in [-0.4, -0.2) is 52.3 Å². The molecule has 0 radical (unpaired) electrons. The summed E-state index contributed by atoms with van der Waals surface area (Å²) >= 11 is 6.21. The van der Waals surface area contributed by atoms with Gasteiger partial charge in [0.25, 0.3) is 5.91 Å². The third kappa shape index (κ3) is 2.02. The van der Waals surface area contributed by atoms with Crippen LogP contribution in [0.5, 0.6) is 0 Å². The monoisotopic (exact) mass is 372 g/mol. The van der Waals surface area contributed by atoms with Crippen LogP contribution >= 0.6 is 11.6 Å². The van der Waals surface area contributed by atoms with E-state index in [1.54, 1.807) is 29.7 Å². The summed E-state index contributed by atoms with van der Waals surface area (Å²) in [5.74, 6) is -0.326. The number of carbonyl (C=O) groups is 3. The molecule has 3 unspecified atom stereocenters. The van der Waals surface area contributed by atoms with E-state index in [1.165, 1.54) is 6.07 Å². The Labute approximate surface area is 155 Å². The lowest BCUT2D eigenvalue weighted by molar-refractivity contribution is -0.135. The van der Waals surface area contributed by atoms with E-state index in [9.17, 15) is 14.4 Å². The van der Waals surface area contributed by atoms with E-state index in [-0.39, 0.29) is 35.0 Å². The number of fused-ring (bicyclic) bond motifs is 5. The number of imide groups is 1. The van der Waals surface area contributed by atoms with Gasteiger partial charge in [0.2, 0.25) is 5.91 Å². The number of likely N-dealkylation sites (tertiary alicyclic amines) is 1. The van der Waals surface area contributed by atoms with Crippen LogP contribution in [0.4, 0.5) is 10.5 Å². The maximum absolute atomic E-state index is 13.1. The number of urea groups is 1. The molecular formula is C18H17ClN4O3. The zero-order valence-electron chi connectivity index (χ0n) is 14.4. The molecule has 0 spiro atoms. The largest absolute Gasteiger partial charge is 0.335 e. The molecule has 3 aliphatic heterocycles. The summed E-state index contributed by atoms with van der Waals surface area (Å²) in [6.07, 6.45) is 1.03. The quantitative estimate of drug-likeness (QED) is 0.744. The van der Waals surface area contributed by atoms with Gasteiger partial charge in [-0.05, 0) is 31.0 Å². The molecule has 134 valence electrons. The van der Waals surface area contributed by atoms with Gasteiger partial charge in [0, 0.05) is 13.0 Å².